The molecule has 0 aliphatic rings. The molecule has 0 unspecified atom stereocenters. The van der Waals surface area contributed by atoms with Crippen LogP contribution in [0.4, 0.5) is 0 Å². The Morgan fingerprint density at radius 3 is 2.36 bits per heavy atom. The molecule has 112 valence electrons. The molecular formula is C17H14O4S. The fourth-order valence-corrected chi connectivity index (χ4v) is 3.84. The van der Waals surface area contributed by atoms with Crippen molar-refractivity contribution in [3.05, 3.63) is 47.0 Å². The van der Waals surface area contributed by atoms with Crippen LogP contribution in [0.2, 0.25) is 0 Å². The van der Waals surface area contributed by atoms with Gasteiger partial charge in [0.2, 0.25) is 0 Å². The smallest absolute Gasteiger partial charge is 0.339 e. The summed E-state index contributed by atoms with van der Waals surface area (Å²) in [6.07, 6.45) is 0. The van der Waals surface area contributed by atoms with E-state index in [9.17, 15) is 9.59 Å². The standard InChI is InChI=1S/C17H14O4S/c1-9-14(17(19)21-3)12(16(18)20-2)8-11-10-6-4-5-7-13(10)22-15(9)11/h4-8H,1-3H3. The first-order chi connectivity index (χ1) is 10.6. The monoisotopic (exact) mass is 314 g/mol. The van der Waals surface area contributed by atoms with Gasteiger partial charge in [-0.2, -0.15) is 0 Å². The summed E-state index contributed by atoms with van der Waals surface area (Å²) in [4.78, 5) is 24.2. The minimum absolute atomic E-state index is 0.239. The molecule has 1 aromatic heterocycles. The van der Waals surface area contributed by atoms with Crippen LogP contribution in [-0.4, -0.2) is 26.2 Å². The summed E-state index contributed by atoms with van der Waals surface area (Å²) in [5, 5.41) is 2.01. The minimum atomic E-state index is -0.541. The highest BCUT2D eigenvalue weighted by atomic mass is 32.1. The zero-order valence-electron chi connectivity index (χ0n) is 12.4. The average Bonchev–Trinajstić information content (AvgIpc) is 2.92. The van der Waals surface area contributed by atoms with E-state index in [1.807, 2.05) is 31.2 Å². The molecule has 1 heterocycles. The van der Waals surface area contributed by atoms with Crippen LogP contribution in [-0.2, 0) is 9.47 Å². The fourth-order valence-electron chi connectivity index (χ4n) is 2.66. The number of fused-ring (bicyclic) bond motifs is 3. The maximum atomic E-state index is 12.1. The van der Waals surface area contributed by atoms with Crippen LogP contribution >= 0.6 is 11.3 Å². The number of carbonyl (C=O) groups excluding carboxylic acids is 2. The molecule has 0 fully saturated rings. The zero-order valence-corrected chi connectivity index (χ0v) is 13.2. The number of hydrogen-bond donors (Lipinski definition) is 0. The lowest BCUT2D eigenvalue weighted by atomic mass is 9.98. The zero-order chi connectivity index (χ0) is 15.9. The third-order valence-electron chi connectivity index (χ3n) is 3.70. The second-order valence-corrected chi connectivity index (χ2v) is 5.93. The molecule has 0 atom stereocenters. The van der Waals surface area contributed by atoms with E-state index in [-0.39, 0.29) is 11.1 Å². The van der Waals surface area contributed by atoms with Crippen LogP contribution in [0, 0.1) is 6.92 Å². The maximum Gasteiger partial charge on any atom is 0.339 e. The van der Waals surface area contributed by atoms with Crippen molar-refractivity contribution in [1.29, 1.82) is 0 Å². The molecule has 3 aromatic rings. The van der Waals surface area contributed by atoms with Crippen LogP contribution in [0.15, 0.2) is 30.3 Å². The maximum absolute atomic E-state index is 12.1. The van der Waals surface area contributed by atoms with Crippen molar-refractivity contribution in [2.45, 2.75) is 6.92 Å². The molecule has 3 rings (SSSR count). The molecule has 0 amide bonds. The number of methoxy groups -OCH3 is 2. The van der Waals surface area contributed by atoms with Gasteiger partial charge in [-0.3, -0.25) is 0 Å². The number of hydrogen-bond acceptors (Lipinski definition) is 5. The predicted molar refractivity (Wildman–Crippen MR) is 86.7 cm³/mol. The van der Waals surface area contributed by atoms with Gasteiger partial charge in [0.15, 0.2) is 0 Å². The number of ether oxygens (including phenoxy) is 2. The van der Waals surface area contributed by atoms with Gasteiger partial charge in [0.1, 0.15) is 0 Å². The van der Waals surface area contributed by atoms with Gasteiger partial charge >= 0.3 is 11.9 Å². The Bertz CT molecular complexity index is 908. The van der Waals surface area contributed by atoms with Gasteiger partial charge in [0.05, 0.1) is 25.3 Å². The normalized spacial score (nSPS) is 10.9. The summed E-state index contributed by atoms with van der Waals surface area (Å²) in [5.41, 5.74) is 1.25. The van der Waals surface area contributed by atoms with Crippen LogP contribution in [0.3, 0.4) is 0 Å². The Balaban J connectivity index is 2.46. The van der Waals surface area contributed by atoms with Crippen molar-refractivity contribution in [3.8, 4) is 0 Å². The molecule has 4 nitrogen and oxygen atoms in total. The van der Waals surface area contributed by atoms with Crippen LogP contribution in [0.1, 0.15) is 26.3 Å². The molecule has 5 heteroatoms. The highest BCUT2D eigenvalue weighted by molar-refractivity contribution is 7.26. The molecule has 0 spiro atoms. The van der Waals surface area contributed by atoms with Gasteiger partial charge in [-0.15, -0.1) is 11.3 Å². The van der Waals surface area contributed by atoms with Crippen molar-refractivity contribution in [3.63, 3.8) is 0 Å². The highest BCUT2D eigenvalue weighted by Gasteiger charge is 2.24. The molecule has 0 aliphatic carbocycles. The molecule has 0 saturated carbocycles. The molecule has 0 saturated heterocycles. The first kappa shape index (κ1) is 14.5. The summed E-state index contributed by atoms with van der Waals surface area (Å²) in [6.45, 7) is 1.83. The van der Waals surface area contributed by atoms with Gasteiger partial charge in [0.25, 0.3) is 0 Å². The van der Waals surface area contributed by atoms with Crippen LogP contribution in [0.5, 0.6) is 0 Å². The molecule has 0 aliphatic heterocycles. The molecular weight excluding hydrogens is 300 g/mol. The van der Waals surface area contributed by atoms with E-state index in [1.54, 1.807) is 17.4 Å². The number of carbonyl (C=O) groups is 2. The molecule has 0 radical (unpaired) electrons. The van der Waals surface area contributed by atoms with Gasteiger partial charge in [-0.05, 0) is 24.6 Å². The van der Waals surface area contributed by atoms with Crippen molar-refractivity contribution in [2.24, 2.45) is 0 Å². The quantitative estimate of drug-likeness (QED) is 0.672. The number of benzene rings is 2. The summed E-state index contributed by atoms with van der Waals surface area (Å²) in [5.74, 6) is -1.07. The van der Waals surface area contributed by atoms with Crippen molar-refractivity contribution >= 4 is 43.4 Å². The van der Waals surface area contributed by atoms with Gasteiger partial charge in [-0.25, -0.2) is 9.59 Å². The van der Waals surface area contributed by atoms with Gasteiger partial charge in [-0.1, -0.05) is 18.2 Å². The van der Waals surface area contributed by atoms with E-state index >= 15 is 0 Å². The van der Waals surface area contributed by atoms with E-state index < -0.39 is 11.9 Å². The van der Waals surface area contributed by atoms with E-state index in [4.69, 9.17) is 9.47 Å². The third kappa shape index (κ3) is 2.05. The van der Waals surface area contributed by atoms with Gasteiger partial charge < -0.3 is 9.47 Å². The van der Waals surface area contributed by atoms with Crippen LogP contribution < -0.4 is 0 Å². The Hall–Kier alpha value is -2.40. The Labute approximate surface area is 131 Å². The second kappa shape index (κ2) is 5.42. The molecule has 2 aromatic carbocycles. The van der Waals surface area contributed by atoms with E-state index in [1.165, 1.54) is 14.2 Å². The Kier molecular flexibility index (Phi) is 3.58. The summed E-state index contributed by atoms with van der Waals surface area (Å²) in [7, 11) is 2.60. The number of rotatable bonds is 2. The van der Waals surface area contributed by atoms with Gasteiger partial charge in [0, 0.05) is 20.2 Å². The minimum Gasteiger partial charge on any atom is -0.465 e. The third-order valence-corrected chi connectivity index (χ3v) is 5.01. The number of thiophene rings is 1. The lowest BCUT2D eigenvalue weighted by Crippen LogP contribution is -2.13. The molecule has 0 bridgehead atoms. The molecule has 22 heavy (non-hydrogen) atoms. The summed E-state index contributed by atoms with van der Waals surface area (Å²) >= 11 is 1.60. The second-order valence-electron chi connectivity index (χ2n) is 4.88. The van der Waals surface area contributed by atoms with E-state index in [0.29, 0.717) is 0 Å². The van der Waals surface area contributed by atoms with Crippen LogP contribution in [0.25, 0.3) is 20.2 Å². The lowest BCUT2D eigenvalue weighted by Gasteiger charge is -2.10. The Morgan fingerprint density at radius 2 is 1.68 bits per heavy atom. The summed E-state index contributed by atoms with van der Waals surface area (Å²) < 4.78 is 11.7. The number of esters is 2. The topological polar surface area (TPSA) is 52.6 Å². The SMILES string of the molecule is COC(=O)c1cc2c(sc3ccccc32)c(C)c1C(=O)OC. The first-order valence-corrected chi connectivity index (χ1v) is 7.51. The molecule has 0 N–H and O–H groups in total. The largest absolute Gasteiger partial charge is 0.465 e. The van der Waals surface area contributed by atoms with Crippen molar-refractivity contribution in [2.75, 3.05) is 14.2 Å². The first-order valence-electron chi connectivity index (χ1n) is 6.70. The predicted octanol–water partition coefficient (Wildman–Crippen LogP) is 3.94. The fraction of sp³-hybridized carbons (Fsp3) is 0.176. The average molecular weight is 314 g/mol. The summed E-state index contributed by atoms with van der Waals surface area (Å²) in [6, 6.07) is 9.67. The van der Waals surface area contributed by atoms with Crippen molar-refractivity contribution < 1.29 is 19.1 Å². The van der Waals surface area contributed by atoms with E-state index in [2.05, 4.69) is 0 Å². The van der Waals surface area contributed by atoms with Crippen molar-refractivity contribution in [1.82, 2.24) is 0 Å². The lowest BCUT2D eigenvalue weighted by molar-refractivity contribution is 0.0555. The van der Waals surface area contributed by atoms with E-state index in [0.717, 1.165) is 25.7 Å². The Morgan fingerprint density at radius 1 is 1.00 bits per heavy atom. The number of aryl methyl sites for hydroxylation is 1. The highest BCUT2D eigenvalue weighted by Crippen LogP contribution is 2.38.